The summed E-state index contributed by atoms with van der Waals surface area (Å²) in [5.41, 5.74) is 2.29. The SMILES string of the molecule is C=CCNC(=NC)NCc1cc2ccccc2[nH]1.I. The Labute approximate surface area is 130 Å². The molecule has 0 bridgehead atoms. The zero-order valence-corrected chi connectivity index (χ0v) is 13.3. The predicted molar refractivity (Wildman–Crippen MR) is 92.1 cm³/mol. The number of para-hydroxylation sites is 1. The number of guanidine groups is 1. The minimum Gasteiger partial charge on any atom is -0.357 e. The molecule has 0 unspecified atom stereocenters. The van der Waals surface area contributed by atoms with E-state index in [1.165, 1.54) is 5.39 Å². The molecular formula is C14H19IN4. The summed E-state index contributed by atoms with van der Waals surface area (Å²) < 4.78 is 0. The van der Waals surface area contributed by atoms with Gasteiger partial charge in [-0.05, 0) is 17.5 Å². The van der Waals surface area contributed by atoms with Gasteiger partial charge in [-0.15, -0.1) is 30.6 Å². The van der Waals surface area contributed by atoms with E-state index >= 15 is 0 Å². The molecule has 0 fully saturated rings. The van der Waals surface area contributed by atoms with Crippen molar-refractivity contribution in [2.75, 3.05) is 13.6 Å². The zero-order chi connectivity index (χ0) is 12.8. The van der Waals surface area contributed by atoms with Gasteiger partial charge in [0.2, 0.25) is 0 Å². The van der Waals surface area contributed by atoms with Crippen molar-refractivity contribution in [2.24, 2.45) is 4.99 Å². The van der Waals surface area contributed by atoms with Crippen LogP contribution in [0.15, 0.2) is 48.0 Å². The molecule has 1 aromatic carbocycles. The fourth-order valence-corrected chi connectivity index (χ4v) is 1.80. The van der Waals surface area contributed by atoms with E-state index in [0.29, 0.717) is 13.1 Å². The van der Waals surface area contributed by atoms with Crippen LogP contribution in [0.4, 0.5) is 0 Å². The number of aromatic nitrogens is 1. The van der Waals surface area contributed by atoms with Gasteiger partial charge in [-0.3, -0.25) is 4.99 Å². The van der Waals surface area contributed by atoms with Crippen molar-refractivity contribution >= 4 is 40.8 Å². The fourth-order valence-electron chi connectivity index (χ4n) is 1.80. The Balaban J connectivity index is 0.00000180. The molecule has 1 heterocycles. The van der Waals surface area contributed by atoms with Crippen LogP contribution in [0.5, 0.6) is 0 Å². The van der Waals surface area contributed by atoms with E-state index in [-0.39, 0.29) is 24.0 Å². The molecule has 2 aromatic rings. The average Bonchev–Trinajstić information content (AvgIpc) is 2.81. The second-order valence-electron chi connectivity index (χ2n) is 3.98. The molecule has 0 spiro atoms. The van der Waals surface area contributed by atoms with Crippen LogP contribution in [0.2, 0.25) is 0 Å². The highest BCUT2D eigenvalue weighted by atomic mass is 127. The standard InChI is InChI=1S/C14H18N4.HI/c1-3-8-16-14(15-2)17-10-12-9-11-6-4-5-7-13(11)18-12;/h3-7,9,18H,1,8,10H2,2H3,(H2,15,16,17);1H. The molecule has 0 atom stereocenters. The van der Waals surface area contributed by atoms with Crippen LogP contribution in [-0.2, 0) is 6.54 Å². The number of rotatable bonds is 4. The summed E-state index contributed by atoms with van der Waals surface area (Å²) in [4.78, 5) is 7.49. The van der Waals surface area contributed by atoms with E-state index in [9.17, 15) is 0 Å². The Bertz CT molecular complexity index is 526. The first-order valence-electron chi connectivity index (χ1n) is 5.95. The lowest BCUT2D eigenvalue weighted by Crippen LogP contribution is -2.36. The van der Waals surface area contributed by atoms with Gasteiger partial charge >= 0.3 is 0 Å². The number of benzene rings is 1. The summed E-state index contributed by atoms with van der Waals surface area (Å²) in [6, 6.07) is 10.4. The molecular weight excluding hydrogens is 351 g/mol. The molecule has 0 aliphatic rings. The fraction of sp³-hybridized carbons (Fsp3) is 0.214. The third kappa shape index (κ3) is 4.27. The Morgan fingerprint density at radius 2 is 2.16 bits per heavy atom. The quantitative estimate of drug-likeness (QED) is 0.336. The molecule has 4 nitrogen and oxygen atoms in total. The van der Waals surface area contributed by atoms with Crippen LogP contribution < -0.4 is 10.6 Å². The minimum absolute atomic E-state index is 0. The predicted octanol–water partition coefficient (Wildman–Crippen LogP) is 2.64. The highest BCUT2D eigenvalue weighted by molar-refractivity contribution is 14.0. The van der Waals surface area contributed by atoms with Crippen LogP contribution in [0, 0.1) is 0 Å². The Morgan fingerprint density at radius 3 is 2.84 bits per heavy atom. The molecule has 0 radical (unpaired) electrons. The van der Waals surface area contributed by atoms with Gasteiger partial charge in [-0.2, -0.15) is 0 Å². The maximum absolute atomic E-state index is 4.13. The maximum atomic E-state index is 4.13. The second kappa shape index (κ2) is 7.83. The van der Waals surface area contributed by atoms with Crippen molar-refractivity contribution in [3.63, 3.8) is 0 Å². The first-order valence-corrected chi connectivity index (χ1v) is 5.95. The zero-order valence-electron chi connectivity index (χ0n) is 10.9. The van der Waals surface area contributed by atoms with Crippen molar-refractivity contribution < 1.29 is 0 Å². The number of nitrogens with zero attached hydrogens (tertiary/aromatic N) is 1. The highest BCUT2D eigenvalue weighted by Crippen LogP contribution is 2.14. The number of H-pyrrole nitrogens is 1. The second-order valence-corrected chi connectivity index (χ2v) is 3.98. The number of hydrogen-bond donors (Lipinski definition) is 3. The van der Waals surface area contributed by atoms with Crippen LogP contribution in [-0.4, -0.2) is 24.5 Å². The molecule has 1 aromatic heterocycles. The Hall–Kier alpha value is -1.50. The van der Waals surface area contributed by atoms with Crippen molar-refractivity contribution in [3.05, 3.63) is 48.7 Å². The molecule has 0 aliphatic heterocycles. The van der Waals surface area contributed by atoms with Gasteiger partial charge in [-0.1, -0.05) is 24.3 Å². The number of hydrogen-bond acceptors (Lipinski definition) is 1. The molecule has 2 rings (SSSR count). The summed E-state index contributed by atoms with van der Waals surface area (Å²) in [6.45, 7) is 5.08. The third-order valence-corrected chi connectivity index (χ3v) is 2.67. The van der Waals surface area contributed by atoms with E-state index in [2.05, 4.69) is 45.4 Å². The van der Waals surface area contributed by atoms with Gasteiger partial charge in [0.15, 0.2) is 5.96 Å². The van der Waals surface area contributed by atoms with Gasteiger partial charge in [0.1, 0.15) is 0 Å². The van der Waals surface area contributed by atoms with Crippen LogP contribution in [0.3, 0.4) is 0 Å². The minimum atomic E-state index is 0. The summed E-state index contributed by atoms with van der Waals surface area (Å²) in [5, 5.41) is 7.60. The van der Waals surface area contributed by atoms with E-state index in [1.807, 2.05) is 12.1 Å². The van der Waals surface area contributed by atoms with Crippen molar-refractivity contribution in [1.82, 2.24) is 15.6 Å². The summed E-state index contributed by atoms with van der Waals surface area (Å²) >= 11 is 0. The lowest BCUT2D eigenvalue weighted by atomic mass is 10.2. The van der Waals surface area contributed by atoms with Crippen LogP contribution in [0.25, 0.3) is 10.9 Å². The smallest absolute Gasteiger partial charge is 0.191 e. The molecule has 5 heteroatoms. The molecule has 0 amide bonds. The topological polar surface area (TPSA) is 52.2 Å². The van der Waals surface area contributed by atoms with Crippen molar-refractivity contribution in [3.8, 4) is 0 Å². The van der Waals surface area contributed by atoms with E-state index < -0.39 is 0 Å². The van der Waals surface area contributed by atoms with Gasteiger partial charge < -0.3 is 15.6 Å². The van der Waals surface area contributed by atoms with Gasteiger partial charge in [0.25, 0.3) is 0 Å². The van der Waals surface area contributed by atoms with Gasteiger partial charge in [0.05, 0.1) is 6.54 Å². The third-order valence-electron chi connectivity index (χ3n) is 2.67. The Kier molecular flexibility index (Phi) is 6.41. The number of fused-ring (bicyclic) bond motifs is 1. The number of halogens is 1. The van der Waals surface area contributed by atoms with Gasteiger partial charge in [0, 0.05) is 24.8 Å². The summed E-state index contributed by atoms with van der Waals surface area (Å²) in [7, 11) is 1.75. The largest absolute Gasteiger partial charge is 0.357 e. The lowest BCUT2D eigenvalue weighted by molar-refractivity contribution is 0.831. The van der Waals surface area contributed by atoms with Crippen LogP contribution in [0.1, 0.15) is 5.69 Å². The van der Waals surface area contributed by atoms with E-state index in [4.69, 9.17) is 0 Å². The Morgan fingerprint density at radius 1 is 1.37 bits per heavy atom. The molecule has 0 saturated heterocycles. The molecule has 102 valence electrons. The highest BCUT2D eigenvalue weighted by Gasteiger charge is 2.01. The molecule has 19 heavy (non-hydrogen) atoms. The monoisotopic (exact) mass is 370 g/mol. The van der Waals surface area contributed by atoms with Crippen molar-refractivity contribution in [2.45, 2.75) is 6.54 Å². The number of aliphatic imine (C=N–C) groups is 1. The number of nitrogens with one attached hydrogen (secondary N) is 3. The van der Waals surface area contributed by atoms with Crippen LogP contribution >= 0.6 is 24.0 Å². The van der Waals surface area contributed by atoms with Gasteiger partial charge in [-0.25, -0.2) is 0 Å². The average molecular weight is 370 g/mol. The molecule has 0 aliphatic carbocycles. The molecule has 0 saturated carbocycles. The lowest BCUT2D eigenvalue weighted by Gasteiger charge is -2.09. The summed E-state index contributed by atoms with van der Waals surface area (Å²) in [5.74, 6) is 0.772. The number of aromatic amines is 1. The van der Waals surface area contributed by atoms with E-state index in [0.717, 1.165) is 17.2 Å². The molecule has 3 N–H and O–H groups in total. The van der Waals surface area contributed by atoms with E-state index in [1.54, 1.807) is 13.1 Å². The maximum Gasteiger partial charge on any atom is 0.191 e. The first kappa shape index (κ1) is 15.6. The van der Waals surface area contributed by atoms with Crippen molar-refractivity contribution in [1.29, 1.82) is 0 Å². The first-order chi connectivity index (χ1) is 8.83. The summed E-state index contributed by atoms with van der Waals surface area (Å²) in [6.07, 6.45) is 1.80. The normalized spacial score (nSPS) is 10.9.